The Kier molecular flexibility index (Phi) is 6.74. The molecule has 0 radical (unpaired) electrons. The summed E-state index contributed by atoms with van der Waals surface area (Å²) in [6.45, 7) is 7.26. The van der Waals surface area contributed by atoms with Gasteiger partial charge in [0.1, 0.15) is 11.4 Å². The second-order valence-electron chi connectivity index (χ2n) is 5.88. The molecule has 0 saturated carbocycles. The third-order valence-corrected chi connectivity index (χ3v) is 3.69. The van der Waals surface area contributed by atoms with Gasteiger partial charge in [0.05, 0.1) is 6.61 Å². The molecule has 6 heteroatoms. The molecule has 134 valence electrons. The summed E-state index contributed by atoms with van der Waals surface area (Å²) in [5.41, 5.74) is 1.99. The largest absolute Gasteiger partial charge is 0.494 e. The first kappa shape index (κ1) is 18.7. The minimum atomic E-state index is -0.0892. The van der Waals surface area contributed by atoms with Gasteiger partial charge < -0.3 is 15.0 Å². The molecule has 2 aromatic rings. The van der Waals surface area contributed by atoms with Gasteiger partial charge in [0.25, 0.3) is 5.91 Å². The Morgan fingerprint density at radius 1 is 1.20 bits per heavy atom. The molecule has 1 aromatic carbocycles. The zero-order chi connectivity index (χ0) is 18.2. The van der Waals surface area contributed by atoms with Crippen LogP contribution in [0.4, 0.5) is 11.6 Å². The summed E-state index contributed by atoms with van der Waals surface area (Å²) in [6.07, 6.45) is 2.02. The number of ether oxygens (including phenoxy) is 1. The van der Waals surface area contributed by atoms with E-state index in [2.05, 4.69) is 22.2 Å². The van der Waals surface area contributed by atoms with Gasteiger partial charge in [-0.25, -0.2) is 9.97 Å². The highest BCUT2D eigenvalue weighted by Gasteiger charge is 2.15. The number of amides is 1. The molecule has 0 fully saturated rings. The fraction of sp³-hybridized carbons (Fsp3) is 0.421. The zero-order valence-corrected chi connectivity index (χ0v) is 15.4. The van der Waals surface area contributed by atoms with Crippen molar-refractivity contribution in [2.24, 2.45) is 0 Å². The molecule has 0 bridgehead atoms. The number of hydrogen-bond donors (Lipinski definition) is 1. The van der Waals surface area contributed by atoms with E-state index in [1.807, 2.05) is 38.1 Å². The molecule has 0 aliphatic heterocycles. The van der Waals surface area contributed by atoms with Gasteiger partial charge in [-0.05, 0) is 50.6 Å². The average Bonchev–Trinajstić information content (AvgIpc) is 2.60. The number of hydrogen-bond acceptors (Lipinski definition) is 5. The van der Waals surface area contributed by atoms with Gasteiger partial charge in [0.15, 0.2) is 0 Å². The lowest BCUT2D eigenvalue weighted by Gasteiger charge is -2.17. The fourth-order valence-electron chi connectivity index (χ4n) is 2.36. The number of rotatable bonds is 8. The van der Waals surface area contributed by atoms with Crippen LogP contribution in [0.5, 0.6) is 5.75 Å². The van der Waals surface area contributed by atoms with E-state index in [-0.39, 0.29) is 5.91 Å². The lowest BCUT2D eigenvalue weighted by Crippen LogP contribution is -2.28. The highest BCUT2D eigenvalue weighted by Crippen LogP contribution is 2.19. The minimum absolute atomic E-state index is 0.0892. The van der Waals surface area contributed by atoms with E-state index in [0.29, 0.717) is 18.2 Å². The Bertz CT molecular complexity index is 701. The Labute approximate surface area is 149 Å². The van der Waals surface area contributed by atoms with Crippen LogP contribution in [-0.4, -0.2) is 41.0 Å². The normalized spacial score (nSPS) is 10.4. The quantitative estimate of drug-likeness (QED) is 0.790. The predicted molar refractivity (Wildman–Crippen MR) is 99.5 cm³/mol. The number of aryl methyl sites for hydroxylation is 1. The standard InChI is InChI=1S/C19H26N4O2/c1-5-7-12-23(4)18(24)17-13-14(3)20-19(22-17)21-15-8-10-16(11-9-15)25-6-2/h8-11,13H,5-7,12H2,1-4H3,(H,20,21,22). The maximum atomic E-state index is 12.5. The Balaban J connectivity index is 2.13. The summed E-state index contributed by atoms with van der Waals surface area (Å²) < 4.78 is 5.43. The maximum Gasteiger partial charge on any atom is 0.272 e. The first-order chi connectivity index (χ1) is 12.0. The van der Waals surface area contributed by atoms with Crippen LogP contribution in [0.2, 0.25) is 0 Å². The molecular formula is C19H26N4O2. The SMILES string of the molecule is CCCCN(C)C(=O)c1cc(C)nc(Nc2ccc(OCC)cc2)n1. The van der Waals surface area contributed by atoms with Crippen molar-refractivity contribution in [2.75, 3.05) is 25.5 Å². The molecular weight excluding hydrogens is 316 g/mol. The molecule has 6 nitrogen and oxygen atoms in total. The van der Waals surface area contributed by atoms with Crippen LogP contribution in [0, 0.1) is 6.92 Å². The van der Waals surface area contributed by atoms with Gasteiger partial charge in [-0.2, -0.15) is 0 Å². The maximum absolute atomic E-state index is 12.5. The molecule has 0 unspecified atom stereocenters. The van der Waals surface area contributed by atoms with Crippen molar-refractivity contribution in [3.05, 3.63) is 41.7 Å². The van der Waals surface area contributed by atoms with Crippen molar-refractivity contribution in [3.8, 4) is 5.75 Å². The number of aromatic nitrogens is 2. The highest BCUT2D eigenvalue weighted by atomic mass is 16.5. The summed E-state index contributed by atoms with van der Waals surface area (Å²) >= 11 is 0. The van der Waals surface area contributed by atoms with Crippen LogP contribution in [0.3, 0.4) is 0 Å². The number of anilines is 2. The number of unbranched alkanes of at least 4 members (excludes halogenated alkanes) is 1. The van der Waals surface area contributed by atoms with E-state index in [1.165, 1.54) is 0 Å². The van der Waals surface area contributed by atoms with Crippen molar-refractivity contribution < 1.29 is 9.53 Å². The predicted octanol–water partition coefficient (Wildman–Crippen LogP) is 3.80. The van der Waals surface area contributed by atoms with E-state index in [1.54, 1.807) is 18.0 Å². The van der Waals surface area contributed by atoms with Crippen molar-refractivity contribution in [3.63, 3.8) is 0 Å². The number of nitrogens with zero attached hydrogens (tertiary/aromatic N) is 3. The van der Waals surface area contributed by atoms with Gasteiger partial charge in [0, 0.05) is 25.0 Å². The summed E-state index contributed by atoms with van der Waals surface area (Å²) in [4.78, 5) is 23.0. The van der Waals surface area contributed by atoms with Crippen LogP contribution < -0.4 is 10.1 Å². The zero-order valence-electron chi connectivity index (χ0n) is 15.4. The first-order valence-electron chi connectivity index (χ1n) is 8.64. The lowest BCUT2D eigenvalue weighted by molar-refractivity contribution is 0.0787. The molecule has 25 heavy (non-hydrogen) atoms. The number of benzene rings is 1. The first-order valence-corrected chi connectivity index (χ1v) is 8.64. The molecule has 0 spiro atoms. The van der Waals surface area contributed by atoms with Crippen molar-refractivity contribution in [1.29, 1.82) is 0 Å². The Morgan fingerprint density at radius 3 is 2.56 bits per heavy atom. The monoisotopic (exact) mass is 342 g/mol. The molecule has 0 aliphatic rings. The fourth-order valence-corrected chi connectivity index (χ4v) is 2.36. The van der Waals surface area contributed by atoms with Crippen molar-refractivity contribution in [1.82, 2.24) is 14.9 Å². The molecule has 0 atom stereocenters. The van der Waals surface area contributed by atoms with E-state index < -0.39 is 0 Å². The van der Waals surface area contributed by atoms with Crippen LogP contribution in [0.25, 0.3) is 0 Å². The van der Waals surface area contributed by atoms with Crippen LogP contribution in [0.15, 0.2) is 30.3 Å². The average molecular weight is 342 g/mol. The topological polar surface area (TPSA) is 67.4 Å². The summed E-state index contributed by atoms with van der Waals surface area (Å²) in [6, 6.07) is 9.27. The van der Waals surface area contributed by atoms with Crippen LogP contribution in [-0.2, 0) is 0 Å². The minimum Gasteiger partial charge on any atom is -0.494 e. The van der Waals surface area contributed by atoms with E-state index >= 15 is 0 Å². The number of nitrogens with one attached hydrogen (secondary N) is 1. The van der Waals surface area contributed by atoms with E-state index in [9.17, 15) is 4.79 Å². The van der Waals surface area contributed by atoms with Gasteiger partial charge >= 0.3 is 0 Å². The second kappa shape index (κ2) is 9.01. The number of carbonyl (C=O) groups excluding carboxylic acids is 1. The summed E-state index contributed by atoms with van der Waals surface area (Å²) in [5.74, 6) is 1.14. The Morgan fingerprint density at radius 2 is 1.92 bits per heavy atom. The van der Waals surface area contributed by atoms with Gasteiger partial charge in [0.2, 0.25) is 5.95 Å². The molecule has 2 rings (SSSR count). The Hall–Kier alpha value is -2.63. The molecule has 1 heterocycles. The van der Waals surface area contributed by atoms with Crippen molar-refractivity contribution >= 4 is 17.5 Å². The molecule has 1 aromatic heterocycles. The second-order valence-corrected chi connectivity index (χ2v) is 5.88. The highest BCUT2D eigenvalue weighted by molar-refractivity contribution is 5.92. The third kappa shape index (κ3) is 5.45. The smallest absolute Gasteiger partial charge is 0.272 e. The molecule has 0 aliphatic carbocycles. The molecule has 0 saturated heterocycles. The molecule has 1 amide bonds. The van der Waals surface area contributed by atoms with Crippen LogP contribution in [0.1, 0.15) is 42.9 Å². The summed E-state index contributed by atoms with van der Waals surface area (Å²) in [5, 5.41) is 3.14. The van der Waals surface area contributed by atoms with Gasteiger partial charge in [-0.1, -0.05) is 13.3 Å². The number of carbonyl (C=O) groups is 1. The van der Waals surface area contributed by atoms with E-state index in [0.717, 1.165) is 36.5 Å². The van der Waals surface area contributed by atoms with Gasteiger partial charge in [-0.3, -0.25) is 4.79 Å². The lowest BCUT2D eigenvalue weighted by atomic mass is 10.2. The van der Waals surface area contributed by atoms with Gasteiger partial charge in [-0.15, -0.1) is 0 Å². The summed E-state index contributed by atoms with van der Waals surface area (Å²) in [7, 11) is 1.80. The third-order valence-electron chi connectivity index (χ3n) is 3.69. The van der Waals surface area contributed by atoms with Crippen LogP contribution >= 0.6 is 0 Å². The molecule has 1 N–H and O–H groups in total. The van der Waals surface area contributed by atoms with E-state index in [4.69, 9.17) is 4.74 Å². The van der Waals surface area contributed by atoms with Crippen molar-refractivity contribution in [2.45, 2.75) is 33.6 Å².